The van der Waals surface area contributed by atoms with Gasteiger partial charge in [0.15, 0.2) is 5.69 Å². The Hall–Kier alpha value is -2.37. The number of H-pyrrole nitrogens is 1. The van der Waals surface area contributed by atoms with Gasteiger partial charge in [0, 0.05) is 24.5 Å². The number of amides is 1. The van der Waals surface area contributed by atoms with E-state index in [0.29, 0.717) is 0 Å². The number of anilines is 2. The van der Waals surface area contributed by atoms with Gasteiger partial charge in [-0.1, -0.05) is 0 Å². The summed E-state index contributed by atoms with van der Waals surface area (Å²) in [5.41, 5.74) is 2.15. The van der Waals surface area contributed by atoms with E-state index in [1.807, 2.05) is 24.3 Å². The van der Waals surface area contributed by atoms with Crippen molar-refractivity contribution in [2.45, 2.75) is 13.8 Å². The Morgan fingerprint density at radius 2 is 1.95 bits per heavy atom. The molecule has 1 aromatic heterocycles. The van der Waals surface area contributed by atoms with Crippen LogP contribution in [-0.4, -0.2) is 34.4 Å². The smallest absolute Gasteiger partial charge is 0.277 e. The first-order valence-corrected chi connectivity index (χ1v) is 6.26. The zero-order chi connectivity index (χ0) is 13.7. The fraction of sp³-hybridized carbons (Fsp3) is 0.308. The fourth-order valence-corrected chi connectivity index (χ4v) is 1.85. The third-order valence-electron chi connectivity index (χ3n) is 2.90. The molecule has 19 heavy (non-hydrogen) atoms. The van der Waals surface area contributed by atoms with Crippen molar-refractivity contribution in [3.05, 3.63) is 36.2 Å². The van der Waals surface area contributed by atoms with Gasteiger partial charge in [-0.15, -0.1) is 0 Å². The minimum Gasteiger partial charge on any atom is -0.372 e. The van der Waals surface area contributed by atoms with Crippen LogP contribution in [0.25, 0.3) is 0 Å². The van der Waals surface area contributed by atoms with Gasteiger partial charge in [-0.25, -0.2) is 0 Å². The second-order valence-electron chi connectivity index (χ2n) is 4.03. The standard InChI is InChI=1S/C13H17N5O/c1-3-18(4-2)11-7-5-10(6-8-11)15-13(19)12-9-14-17-16-12/h5-9H,3-4H2,1-2H3,(H,15,19)(H,14,16,17). The summed E-state index contributed by atoms with van der Waals surface area (Å²) < 4.78 is 0. The molecule has 6 nitrogen and oxygen atoms in total. The van der Waals surface area contributed by atoms with Crippen molar-refractivity contribution in [3.8, 4) is 0 Å². The minimum absolute atomic E-state index is 0.271. The molecular weight excluding hydrogens is 242 g/mol. The van der Waals surface area contributed by atoms with Crippen LogP contribution in [0.4, 0.5) is 11.4 Å². The van der Waals surface area contributed by atoms with Crippen molar-refractivity contribution in [2.75, 3.05) is 23.3 Å². The number of benzene rings is 1. The number of rotatable bonds is 5. The monoisotopic (exact) mass is 259 g/mol. The molecule has 0 unspecified atom stereocenters. The molecule has 100 valence electrons. The molecule has 2 rings (SSSR count). The molecule has 0 radical (unpaired) electrons. The van der Waals surface area contributed by atoms with Gasteiger partial charge in [0.1, 0.15) is 0 Å². The maximum absolute atomic E-state index is 11.8. The average molecular weight is 259 g/mol. The third kappa shape index (κ3) is 3.09. The van der Waals surface area contributed by atoms with Crippen LogP contribution in [0.1, 0.15) is 24.3 Å². The summed E-state index contributed by atoms with van der Waals surface area (Å²) in [6.07, 6.45) is 1.39. The van der Waals surface area contributed by atoms with Crippen molar-refractivity contribution in [2.24, 2.45) is 0 Å². The molecule has 0 atom stereocenters. The van der Waals surface area contributed by atoms with E-state index in [1.54, 1.807) is 0 Å². The highest BCUT2D eigenvalue weighted by molar-refractivity contribution is 6.02. The highest BCUT2D eigenvalue weighted by atomic mass is 16.2. The van der Waals surface area contributed by atoms with Gasteiger partial charge in [-0.3, -0.25) is 4.79 Å². The van der Waals surface area contributed by atoms with Crippen molar-refractivity contribution in [1.29, 1.82) is 0 Å². The Kier molecular flexibility index (Phi) is 4.12. The van der Waals surface area contributed by atoms with Crippen LogP contribution in [0.15, 0.2) is 30.5 Å². The number of carbonyl (C=O) groups is 1. The topological polar surface area (TPSA) is 73.9 Å². The van der Waals surface area contributed by atoms with Crippen molar-refractivity contribution < 1.29 is 4.79 Å². The van der Waals surface area contributed by atoms with E-state index in [4.69, 9.17) is 0 Å². The first kappa shape index (κ1) is 13.1. The highest BCUT2D eigenvalue weighted by Gasteiger charge is 2.09. The molecule has 2 aromatic rings. The first-order valence-electron chi connectivity index (χ1n) is 6.26. The van der Waals surface area contributed by atoms with E-state index in [2.05, 4.69) is 39.5 Å². The van der Waals surface area contributed by atoms with Crippen LogP contribution in [-0.2, 0) is 0 Å². The summed E-state index contributed by atoms with van der Waals surface area (Å²) in [4.78, 5) is 14.0. The van der Waals surface area contributed by atoms with Gasteiger partial charge in [0.2, 0.25) is 0 Å². The van der Waals surface area contributed by atoms with Gasteiger partial charge >= 0.3 is 0 Å². The zero-order valence-electron chi connectivity index (χ0n) is 11.1. The summed E-state index contributed by atoms with van der Waals surface area (Å²) in [6, 6.07) is 7.74. The lowest BCUT2D eigenvalue weighted by Gasteiger charge is -2.21. The summed E-state index contributed by atoms with van der Waals surface area (Å²) in [5.74, 6) is -0.274. The average Bonchev–Trinajstić information content (AvgIpc) is 2.96. The Morgan fingerprint density at radius 3 is 2.47 bits per heavy atom. The Bertz CT molecular complexity index is 516. The molecule has 0 aliphatic carbocycles. The van der Waals surface area contributed by atoms with E-state index in [0.717, 1.165) is 24.5 Å². The number of aromatic nitrogens is 3. The molecule has 1 aromatic carbocycles. The summed E-state index contributed by atoms with van der Waals surface area (Å²) in [6.45, 7) is 6.15. The molecule has 0 aliphatic heterocycles. The molecular formula is C13H17N5O. The van der Waals surface area contributed by atoms with E-state index < -0.39 is 0 Å². The summed E-state index contributed by atoms with van der Waals surface area (Å²) >= 11 is 0. The van der Waals surface area contributed by atoms with Gasteiger partial charge < -0.3 is 10.2 Å². The normalized spacial score (nSPS) is 10.2. The molecule has 0 aliphatic rings. The lowest BCUT2D eigenvalue weighted by molar-refractivity contribution is 0.102. The molecule has 0 fully saturated rings. The van der Waals surface area contributed by atoms with Crippen LogP contribution in [0.5, 0.6) is 0 Å². The number of hydrogen-bond acceptors (Lipinski definition) is 4. The fourth-order valence-electron chi connectivity index (χ4n) is 1.85. The minimum atomic E-state index is -0.274. The molecule has 2 N–H and O–H groups in total. The second-order valence-corrected chi connectivity index (χ2v) is 4.03. The highest BCUT2D eigenvalue weighted by Crippen LogP contribution is 2.17. The van der Waals surface area contributed by atoms with Gasteiger partial charge in [-0.05, 0) is 38.1 Å². The van der Waals surface area contributed by atoms with Crippen LogP contribution in [0.3, 0.4) is 0 Å². The third-order valence-corrected chi connectivity index (χ3v) is 2.90. The Morgan fingerprint density at radius 1 is 1.26 bits per heavy atom. The lowest BCUT2D eigenvalue weighted by Crippen LogP contribution is -2.21. The SMILES string of the molecule is CCN(CC)c1ccc(NC(=O)c2cn[nH]n2)cc1. The van der Waals surface area contributed by atoms with Crippen molar-refractivity contribution >= 4 is 17.3 Å². The molecule has 0 spiro atoms. The van der Waals surface area contributed by atoms with Crippen LogP contribution >= 0.6 is 0 Å². The van der Waals surface area contributed by atoms with E-state index in [-0.39, 0.29) is 11.6 Å². The molecule has 0 saturated carbocycles. The zero-order valence-corrected chi connectivity index (χ0v) is 11.1. The molecule has 1 amide bonds. The number of nitrogens with one attached hydrogen (secondary N) is 2. The number of nitrogens with zero attached hydrogens (tertiary/aromatic N) is 3. The van der Waals surface area contributed by atoms with E-state index in [9.17, 15) is 4.79 Å². The maximum Gasteiger partial charge on any atom is 0.277 e. The van der Waals surface area contributed by atoms with Crippen LogP contribution in [0, 0.1) is 0 Å². The lowest BCUT2D eigenvalue weighted by atomic mass is 10.2. The predicted octanol–water partition coefficient (Wildman–Crippen LogP) is 1.90. The van der Waals surface area contributed by atoms with Gasteiger partial charge in [0.25, 0.3) is 5.91 Å². The van der Waals surface area contributed by atoms with Crippen LogP contribution in [0.2, 0.25) is 0 Å². The molecule has 1 heterocycles. The summed E-state index contributed by atoms with van der Waals surface area (Å²) in [5, 5.41) is 12.5. The van der Waals surface area contributed by atoms with Crippen molar-refractivity contribution in [3.63, 3.8) is 0 Å². The maximum atomic E-state index is 11.8. The Labute approximate surface area is 111 Å². The van der Waals surface area contributed by atoms with E-state index in [1.165, 1.54) is 6.20 Å². The summed E-state index contributed by atoms with van der Waals surface area (Å²) in [7, 11) is 0. The number of carbonyl (C=O) groups excluding carboxylic acids is 1. The predicted molar refractivity (Wildman–Crippen MR) is 74.3 cm³/mol. The quantitative estimate of drug-likeness (QED) is 0.860. The Balaban J connectivity index is 2.05. The second kappa shape index (κ2) is 5.99. The van der Waals surface area contributed by atoms with Crippen LogP contribution < -0.4 is 10.2 Å². The number of aromatic amines is 1. The molecule has 0 bridgehead atoms. The largest absolute Gasteiger partial charge is 0.372 e. The first-order chi connectivity index (χ1) is 9.24. The van der Waals surface area contributed by atoms with Gasteiger partial charge in [0.05, 0.1) is 6.20 Å². The van der Waals surface area contributed by atoms with Gasteiger partial charge in [-0.2, -0.15) is 15.4 Å². The number of hydrogen-bond donors (Lipinski definition) is 2. The van der Waals surface area contributed by atoms with E-state index >= 15 is 0 Å². The molecule has 0 saturated heterocycles. The molecule has 6 heteroatoms. The van der Waals surface area contributed by atoms with Crippen molar-refractivity contribution in [1.82, 2.24) is 15.4 Å².